The largest absolute Gasteiger partial charge is 0.383 e. The van der Waals surface area contributed by atoms with E-state index in [9.17, 15) is 11.0 Å². The van der Waals surface area contributed by atoms with Crippen molar-refractivity contribution >= 4 is 33.9 Å². The van der Waals surface area contributed by atoms with Crippen LogP contribution < -0.4 is 10.6 Å². The van der Waals surface area contributed by atoms with Crippen LogP contribution >= 0.6 is 11.6 Å². The Balaban J connectivity index is 1.63. The first-order valence-corrected chi connectivity index (χ1v) is 12.6. The lowest BCUT2D eigenvalue weighted by Gasteiger charge is -2.22. The van der Waals surface area contributed by atoms with Crippen molar-refractivity contribution in [3.63, 3.8) is 0 Å². The van der Waals surface area contributed by atoms with Crippen LogP contribution in [0.15, 0.2) is 73.3 Å². The van der Waals surface area contributed by atoms with E-state index < -0.39 is 11.8 Å². The maximum absolute atomic E-state index is 13.9. The molecule has 3 heterocycles. The molecule has 8 nitrogen and oxygen atoms in total. The fourth-order valence-corrected chi connectivity index (χ4v) is 4.27. The molecule has 0 spiro atoms. The molecule has 0 saturated heterocycles. The Hall–Kier alpha value is -4.55. The van der Waals surface area contributed by atoms with Gasteiger partial charge < -0.3 is 10.6 Å². The second kappa shape index (κ2) is 10.7. The number of rotatable bonds is 7. The predicted molar refractivity (Wildman–Crippen MR) is 150 cm³/mol. The van der Waals surface area contributed by atoms with Crippen molar-refractivity contribution in [3.8, 4) is 11.8 Å². The molecule has 1 atom stereocenters. The first kappa shape index (κ1) is 24.8. The van der Waals surface area contributed by atoms with Crippen LogP contribution in [0.2, 0.25) is 5.02 Å². The first-order chi connectivity index (χ1) is 19.1. The van der Waals surface area contributed by atoms with Crippen LogP contribution in [0.3, 0.4) is 0 Å². The number of hydrogen-bond acceptors (Lipinski definition) is 7. The lowest BCUT2D eigenvalue weighted by atomic mass is 9.96. The van der Waals surface area contributed by atoms with Gasteiger partial charge in [-0.1, -0.05) is 49.7 Å². The Morgan fingerprint density at radius 1 is 1.18 bits per heavy atom. The fourth-order valence-electron chi connectivity index (χ4n) is 4.00. The molecule has 0 unspecified atom stereocenters. The van der Waals surface area contributed by atoms with Crippen LogP contribution in [0, 0.1) is 22.6 Å². The molecule has 0 aliphatic heterocycles. The molecule has 2 N–H and O–H groups in total. The summed E-state index contributed by atoms with van der Waals surface area (Å²) in [4.78, 5) is 8.53. The Labute approximate surface area is 231 Å². The summed E-state index contributed by atoms with van der Waals surface area (Å²) in [6, 6.07) is 13.2. The van der Waals surface area contributed by atoms with Crippen molar-refractivity contribution in [3.05, 3.63) is 101 Å². The van der Waals surface area contributed by atoms with E-state index in [1.807, 2.05) is 6.07 Å². The second-order valence-corrected chi connectivity index (χ2v) is 10.6. The van der Waals surface area contributed by atoms with Gasteiger partial charge >= 0.3 is 0 Å². The number of anilines is 2. The van der Waals surface area contributed by atoms with Gasteiger partial charge in [-0.3, -0.25) is 9.97 Å². The molecule has 0 aliphatic carbocycles. The fraction of sp³-hybridized carbons (Fsp3) is 0.207. The Morgan fingerprint density at radius 2 is 1.97 bits per heavy atom. The van der Waals surface area contributed by atoms with Crippen molar-refractivity contribution in [2.24, 2.45) is 5.41 Å². The number of pyridine rings is 2. The van der Waals surface area contributed by atoms with E-state index in [0.717, 1.165) is 0 Å². The normalized spacial score (nSPS) is 13.4. The SMILES string of the molecule is [2H][C@@](Nc1cc(Cl)c2ncc(C#N)c(NCC(C)(C)C)c2c1)(c1ccc(F)cc1)c1cn(-c2cccnc2)nn1. The first-order valence-electron chi connectivity index (χ1n) is 12.7. The average Bonchev–Trinajstić information content (AvgIpc) is 3.43. The summed E-state index contributed by atoms with van der Waals surface area (Å²) in [6.45, 7) is 6.87. The van der Waals surface area contributed by atoms with Crippen molar-refractivity contribution < 1.29 is 5.76 Å². The molecule has 0 fully saturated rings. The topological polar surface area (TPSA) is 104 Å². The highest BCUT2D eigenvalue weighted by atomic mass is 35.5. The highest BCUT2D eigenvalue weighted by molar-refractivity contribution is 6.35. The third-order valence-corrected chi connectivity index (χ3v) is 6.19. The number of nitrogens with one attached hydrogen (secondary N) is 2. The zero-order valence-corrected chi connectivity index (χ0v) is 22.3. The van der Waals surface area contributed by atoms with Crippen molar-refractivity contribution in [1.29, 1.82) is 5.26 Å². The van der Waals surface area contributed by atoms with Crippen LogP contribution in [-0.4, -0.2) is 31.5 Å². The van der Waals surface area contributed by atoms with Crippen LogP contribution in [-0.2, 0) is 0 Å². The van der Waals surface area contributed by atoms with E-state index in [0.29, 0.717) is 50.7 Å². The number of nitrogens with zero attached hydrogens (tertiary/aromatic N) is 6. The average molecular weight is 542 g/mol. The summed E-state index contributed by atoms with van der Waals surface area (Å²) < 4.78 is 24.9. The van der Waals surface area contributed by atoms with Crippen molar-refractivity contribution in [2.45, 2.75) is 26.8 Å². The molecule has 0 bridgehead atoms. The minimum Gasteiger partial charge on any atom is -0.383 e. The molecule has 3 aromatic heterocycles. The summed E-state index contributed by atoms with van der Waals surface area (Å²) in [6.07, 6.45) is 6.40. The van der Waals surface area contributed by atoms with Gasteiger partial charge in [0.2, 0.25) is 0 Å². The molecule has 0 saturated carbocycles. The number of nitriles is 1. The molecule has 0 amide bonds. The Morgan fingerprint density at radius 3 is 2.67 bits per heavy atom. The minimum atomic E-state index is -1.69. The minimum absolute atomic E-state index is 0.0546. The van der Waals surface area contributed by atoms with Gasteiger partial charge in [0.1, 0.15) is 17.6 Å². The van der Waals surface area contributed by atoms with E-state index in [4.69, 9.17) is 11.6 Å². The number of aromatic nitrogens is 5. The van der Waals surface area contributed by atoms with Crippen molar-refractivity contribution in [1.82, 2.24) is 25.0 Å². The van der Waals surface area contributed by atoms with E-state index >= 15 is 0 Å². The Kier molecular flexibility index (Phi) is 6.78. The number of fused-ring (bicyclic) bond motifs is 1. The highest BCUT2D eigenvalue weighted by Crippen LogP contribution is 2.36. The standard InChI is InChI=1S/C29H26ClFN8/c1-29(2,3)17-35-26-19(13-32)14-34-28-23(26)11-21(12-24(28)30)36-27(18-6-8-20(31)9-7-18)25-16-39(38-37-25)22-5-4-10-33-15-22/h4-12,14-16,27,36H,17H2,1-3H3,(H,34,35)/t27-/m1/s1/i27D. The van der Waals surface area contributed by atoms with Crippen LogP contribution in [0.25, 0.3) is 16.6 Å². The summed E-state index contributed by atoms with van der Waals surface area (Å²) in [5.74, 6) is -0.427. The molecule has 0 aliphatic rings. The number of hydrogen-bond donors (Lipinski definition) is 2. The Bertz CT molecular complexity index is 1710. The molecule has 2 aromatic carbocycles. The van der Waals surface area contributed by atoms with E-state index in [2.05, 4.69) is 57.8 Å². The quantitative estimate of drug-likeness (QED) is 0.241. The highest BCUT2D eigenvalue weighted by Gasteiger charge is 2.21. The van der Waals surface area contributed by atoms with Crippen LogP contribution in [0.4, 0.5) is 15.8 Å². The van der Waals surface area contributed by atoms with Crippen molar-refractivity contribution in [2.75, 3.05) is 17.2 Å². The molecular weight excluding hydrogens is 515 g/mol. The summed E-state index contributed by atoms with van der Waals surface area (Å²) in [5, 5.41) is 25.9. The van der Waals surface area contributed by atoms with Gasteiger partial charge in [-0.05, 0) is 47.4 Å². The van der Waals surface area contributed by atoms with Gasteiger partial charge in [-0.15, -0.1) is 5.10 Å². The van der Waals surface area contributed by atoms with Gasteiger partial charge in [-0.2, -0.15) is 5.26 Å². The smallest absolute Gasteiger partial charge is 0.123 e. The lowest BCUT2D eigenvalue weighted by molar-refractivity contribution is 0.443. The van der Waals surface area contributed by atoms with E-state index in [-0.39, 0.29) is 11.1 Å². The lowest BCUT2D eigenvalue weighted by Crippen LogP contribution is -2.20. The van der Waals surface area contributed by atoms with Gasteiger partial charge in [-0.25, -0.2) is 9.07 Å². The summed E-state index contributed by atoms with van der Waals surface area (Å²) >= 11 is 6.68. The molecular formula is C29H26ClFN8. The monoisotopic (exact) mass is 541 g/mol. The molecule has 39 heavy (non-hydrogen) atoms. The summed E-state index contributed by atoms with van der Waals surface area (Å²) in [7, 11) is 0. The second-order valence-electron chi connectivity index (χ2n) is 10.2. The van der Waals surface area contributed by atoms with E-state index in [1.165, 1.54) is 35.1 Å². The van der Waals surface area contributed by atoms with Gasteiger partial charge in [0, 0.05) is 30.0 Å². The maximum atomic E-state index is 13.9. The van der Waals surface area contributed by atoms with Gasteiger partial charge in [0.05, 0.1) is 47.3 Å². The summed E-state index contributed by atoms with van der Waals surface area (Å²) in [5.41, 5.74) is 3.27. The third-order valence-electron chi connectivity index (χ3n) is 5.90. The van der Waals surface area contributed by atoms with Gasteiger partial charge in [0.15, 0.2) is 0 Å². The third kappa shape index (κ3) is 5.81. The molecule has 5 rings (SSSR count). The number of halogens is 2. The molecule has 10 heteroatoms. The molecule has 0 radical (unpaired) electrons. The van der Waals surface area contributed by atoms with E-state index in [1.54, 1.807) is 36.8 Å². The zero-order valence-electron chi connectivity index (χ0n) is 22.6. The van der Waals surface area contributed by atoms with Crippen LogP contribution in [0.1, 0.15) is 45.0 Å². The maximum Gasteiger partial charge on any atom is 0.123 e. The predicted octanol–water partition coefficient (Wildman–Crippen LogP) is 6.53. The van der Waals surface area contributed by atoms with Crippen LogP contribution in [0.5, 0.6) is 0 Å². The molecule has 5 aromatic rings. The number of benzene rings is 2. The molecule has 196 valence electrons. The zero-order chi connectivity index (χ0) is 28.5. The van der Waals surface area contributed by atoms with Gasteiger partial charge in [0.25, 0.3) is 0 Å².